The minimum absolute atomic E-state index is 0.734. The van der Waals surface area contributed by atoms with E-state index >= 15 is 0 Å². The van der Waals surface area contributed by atoms with Crippen LogP contribution in [0.3, 0.4) is 0 Å². The lowest BCUT2D eigenvalue weighted by molar-refractivity contribution is 0.0342. The lowest BCUT2D eigenvalue weighted by Crippen LogP contribution is -2.35. The molecule has 308 valence electrons. The van der Waals surface area contributed by atoms with Crippen LogP contribution in [0.2, 0.25) is 0 Å². The van der Waals surface area contributed by atoms with E-state index in [4.69, 9.17) is 4.74 Å². The standard InChI is InChI=1S/C14H21NO.C12H15NO2.C12H17NO.C10H13NO/c1-3-9-15(10-4-2)11-13-5-7-14(12-16)8-6-13;14-10-12-3-1-11(2-4-12)9-13-5-7-15-8-6-13;1-3-13(4-2)9-11-5-7-12(10-14)8-6-11;1-11(2)7-9-3-5-10(8-12)6-4-9/h5-8,12H,3-4,9-11H2,1-2H3;1-4,10H,5-9H2;5-8,10H,3-4,9H2,1-2H3;3-6,8H,7H2,1-2H3. The number of rotatable bonds is 18. The SMILES string of the molecule is CCCN(CCC)Cc1ccc(C=O)cc1.CCN(CC)Cc1ccc(C=O)cc1.CN(C)Cc1ccc(C=O)cc1.O=Cc1ccc(CN2CCOCC2)cc1. The minimum Gasteiger partial charge on any atom is -0.379 e. The van der Waals surface area contributed by atoms with Crippen molar-refractivity contribution in [1.29, 1.82) is 0 Å². The van der Waals surface area contributed by atoms with Crippen LogP contribution in [-0.4, -0.2) is 111 Å². The molecule has 4 aromatic rings. The molecule has 0 saturated carbocycles. The van der Waals surface area contributed by atoms with E-state index in [1.165, 1.54) is 35.1 Å². The summed E-state index contributed by atoms with van der Waals surface area (Å²) >= 11 is 0. The van der Waals surface area contributed by atoms with Crippen LogP contribution in [0, 0.1) is 0 Å². The van der Waals surface area contributed by atoms with Crippen LogP contribution in [0.15, 0.2) is 97.1 Å². The fraction of sp³-hybridized carbons (Fsp3) is 0.417. The molecule has 0 bridgehead atoms. The average Bonchev–Trinajstić information content (AvgIpc) is 3.25. The molecule has 1 fully saturated rings. The Kier molecular flexibility index (Phi) is 25.2. The molecule has 0 spiro atoms. The Morgan fingerprint density at radius 3 is 1.14 bits per heavy atom. The van der Waals surface area contributed by atoms with Crippen molar-refractivity contribution in [2.24, 2.45) is 0 Å². The van der Waals surface area contributed by atoms with Gasteiger partial charge in [0.1, 0.15) is 25.1 Å². The molecule has 0 radical (unpaired) electrons. The van der Waals surface area contributed by atoms with Crippen LogP contribution in [0.25, 0.3) is 0 Å². The van der Waals surface area contributed by atoms with Gasteiger partial charge in [-0.05, 0) is 75.4 Å². The van der Waals surface area contributed by atoms with E-state index in [0.29, 0.717) is 0 Å². The molecule has 0 amide bonds. The topological polar surface area (TPSA) is 90.5 Å². The van der Waals surface area contributed by atoms with Crippen LogP contribution in [0.1, 0.15) is 104 Å². The van der Waals surface area contributed by atoms with E-state index in [1.54, 1.807) is 0 Å². The maximum Gasteiger partial charge on any atom is 0.150 e. The van der Waals surface area contributed by atoms with Crippen LogP contribution >= 0.6 is 0 Å². The monoisotopic (exact) mass is 779 g/mol. The van der Waals surface area contributed by atoms with Crippen LogP contribution in [0.4, 0.5) is 0 Å². The minimum atomic E-state index is 0.734. The van der Waals surface area contributed by atoms with Crippen LogP contribution < -0.4 is 0 Å². The summed E-state index contributed by atoms with van der Waals surface area (Å²) in [7, 11) is 4.04. The Morgan fingerprint density at radius 1 is 0.491 bits per heavy atom. The molecule has 0 aromatic heterocycles. The first-order valence-corrected chi connectivity index (χ1v) is 20.3. The van der Waals surface area contributed by atoms with Gasteiger partial charge in [0.25, 0.3) is 0 Å². The third kappa shape index (κ3) is 20.9. The normalized spacial score (nSPS) is 12.4. The number of aldehydes is 4. The van der Waals surface area contributed by atoms with Crippen LogP contribution in [0.5, 0.6) is 0 Å². The smallest absolute Gasteiger partial charge is 0.150 e. The molecule has 1 aliphatic heterocycles. The van der Waals surface area contributed by atoms with Crippen molar-refractivity contribution in [2.75, 3.05) is 66.6 Å². The molecule has 0 atom stereocenters. The van der Waals surface area contributed by atoms with Gasteiger partial charge < -0.3 is 9.64 Å². The zero-order valence-corrected chi connectivity index (χ0v) is 35.3. The molecule has 5 rings (SSSR count). The Bertz CT molecular complexity index is 1640. The number of benzene rings is 4. The Balaban J connectivity index is 0.000000264. The molecule has 4 aromatic carbocycles. The van der Waals surface area contributed by atoms with Crippen molar-refractivity contribution in [3.63, 3.8) is 0 Å². The summed E-state index contributed by atoms with van der Waals surface area (Å²) in [6, 6.07) is 31.0. The molecule has 9 heteroatoms. The molecular weight excluding hydrogens is 713 g/mol. The average molecular weight is 779 g/mol. The molecule has 0 N–H and O–H groups in total. The highest BCUT2D eigenvalue weighted by Crippen LogP contribution is 2.10. The highest BCUT2D eigenvalue weighted by Gasteiger charge is 2.10. The molecule has 9 nitrogen and oxygen atoms in total. The third-order valence-corrected chi connectivity index (χ3v) is 9.26. The van der Waals surface area contributed by atoms with E-state index in [-0.39, 0.29) is 0 Å². The van der Waals surface area contributed by atoms with Crippen molar-refractivity contribution in [3.05, 3.63) is 142 Å². The summed E-state index contributed by atoms with van der Waals surface area (Å²) in [5.74, 6) is 0. The second-order valence-corrected chi connectivity index (χ2v) is 14.3. The van der Waals surface area contributed by atoms with E-state index in [1.807, 2.05) is 111 Å². The van der Waals surface area contributed by atoms with Gasteiger partial charge in [0.2, 0.25) is 0 Å². The largest absolute Gasteiger partial charge is 0.379 e. The fourth-order valence-corrected chi connectivity index (χ4v) is 6.06. The van der Waals surface area contributed by atoms with Gasteiger partial charge in [0, 0.05) is 61.5 Å². The van der Waals surface area contributed by atoms with Crippen molar-refractivity contribution < 1.29 is 23.9 Å². The fourth-order valence-electron chi connectivity index (χ4n) is 6.06. The number of nitrogens with zero attached hydrogens (tertiary/aromatic N) is 4. The molecule has 0 unspecified atom stereocenters. The Hall–Kier alpha value is -4.64. The molecule has 0 aliphatic carbocycles. The van der Waals surface area contributed by atoms with Crippen molar-refractivity contribution in [3.8, 4) is 0 Å². The zero-order chi connectivity index (χ0) is 41.7. The number of carbonyl (C=O) groups is 4. The van der Waals surface area contributed by atoms with Gasteiger partial charge >= 0.3 is 0 Å². The van der Waals surface area contributed by atoms with Gasteiger partial charge in [0.05, 0.1) is 13.2 Å². The predicted octanol–water partition coefficient (Wildman–Crippen LogP) is 8.35. The van der Waals surface area contributed by atoms with Crippen LogP contribution in [-0.2, 0) is 30.9 Å². The summed E-state index contributed by atoms with van der Waals surface area (Å²) in [5, 5.41) is 0. The molecule has 1 saturated heterocycles. The lowest BCUT2D eigenvalue weighted by atomic mass is 10.1. The quantitative estimate of drug-likeness (QED) is 0.0925. The second-order valence-electron chi connectivity index (χ2n) is 14.3. The molecule has 1 aliphatic rings. The van der Waals surface area contributed by atoms with Gasteiger partial charge in [-0.1, -0.05) is 125 Å². The number of hydrogen-bond donors (Lipinski definition) is 0. The molecule has 57 heavy (non-hydrogen) atoms. The van der Waals surface area contributed by atoms with Gasteiger partial charge in [-0.15, -0.1) is 0 Å². The summed E-state index contributed by atoms with van der Waals surface area (Å²) in [6.07, 6.45) is 5.87. The first-order valence-electron chi connectivity index (χ1n) is 20.3. The number of hydrogen-bond acceptors (Lipinski definition) is 9. The van der Waals surface area contributed by atoms with E-state index in [9.17, 15) is 19.2 Å². The highest BCUT2D eigenvalue weighted by atomic mass is 16.5. The summed E-state index contributed by atoms with van der Waals surface area (Å²) in [4.78, 5) is 51.0. The summed E-state index contributed by atoms with van der Waals surface area (Å²) < 4.78 is 5.29. The number of ether oxygens (including phenoxy) is 1. The summed E-state index contributed by atoms with van der Waals surface area (Å²) in [5.41, 5.74) is 7.99. The van der Waals surface area contributed by atoms with E-state index in [0.717, 1.165) is 126 Å². The van der Waals surface area contributed by atoms with E-state index < -0.39 is 0 Å². The van der Waals surface area contributed by atoms with Gasteiger partial charge in [-0.25, -0.2) is 0 Å². The zero-order valence-electron chi connectivity index (χ0n) is 35.3. The van der Waals surface area contributed by atoms with Crippen molar-refractivity contribution in [2.45, 2.75) is 66.7 Å². The van der Waals surface area contributed by atoms with E-state index in [2.05, 4.69) is 47.3 Å². The maximum absolute atomic E-state index is 10.5. The second kappa shape index (κ2) is 29.6. The maximum atomic E-state index is 10.5. The number of morpholine rings is 1. The predicted molar refractivity (Wildman–Crippen MR) is 233 cm³/mol. The van der Waals surface area contributed by atoms with Crippen molar-refractivity contribution in [1.82, 2.24) is 19.6 Å². The molecule has 1 heterocycles. The van der Waals surface area contributed by atoms with Gasteiger partial charge in [-0.2, -0.15) is 0 Å². The van der Waals surface area contributed by atoms with Gasteiger partial charge in [-0.3, -0.25) is 33.9 Å². The first kappa shape index (κ1) is 48.5. The van der Waals surface area contributed by atoms with Crippen molar-refractivity contribution >= 4 is 25.1 Å². The Labute approximate surface area is 342 Å². The highest BCUT2D eigenvalue weighted by molar-refractivity contribution is 5.76. The number of carbonyl (C=O) groups excluding carboxylic acids is 4. The first-order chi connectivity index (χ1) is 27.7. The Morgan fingerprint density at radius 2 is 0.825 bits per heavy atom. The summed E-state index contributed by atoms with van der Waals surface area (Å²) in [6.45, 7) is 20.6. The lowest BCUT2D eigenvalue weighted by Gasteiger charge is -2.26. The third-order valence-electron chi connectivity index (χ3n) is 9.26. The van der Waals surface area contributed by atoms with Gasteiger partial charge in [0.15, 0.2) is 0 Å². The molecular formula is C48H66N4O5.